The number of halogens is 2. The second-order valence-corrected chi connectivity index (χ2v) is 5.40. The number of rotatable bonds is 2. The molecule has 0 atom stereocenters. The summed E-state index contributed by atoms with van der Waals surface area (Å²) in [5.74, 6) is 0.199. The Kier molecular flexibility index (Phi) is 3.72. The van der Waals surface area contributed by atoms with Gasteiger partial charge in [-0.2, -0.15) is 0 Å². The third kappa shape index (κ3) is 2.73. The van der Waals surface area contributed by atoms with Gasteiger partial charge in [-0.3, -0.25) is 4.79 Å². The summed E-state index contributed by atoms with van der Waals surface area (Å²) in [6, 6.07) is 5.05. The van der Waals surface area contributed by atoms with Crippen molar-refractivity contribution in [3.8, 4) is 0 Å². The largest absolute Gasteiger partial charge is 0.397 e. The van der Waals surface area contributed by atoms with Crippen molar-refractivity contribution >= 4 is 49.1 Å². The number of anilines is 2. The van der Waals surface area contributed by atoms with Crippen LogP contribution in [0.15, 0.2) is 31.7 Å². The van der Waals surface area contributed by atoms with Crippen LogP contribution in [-0.4, -0.2) is 11.1 Å². The van der Waals surface area contributed by atoms with Gasteiger partial charge in [-0.05, 0) is 35.0 Å². The molecule has 0 aliphatic rings. The third-order valence-corrected chi connectivity index (χ3v) is 3.27. The van der Waals surface area contributed by atoms with Gasteiger partial charge in [0.1, 0.15) is 5.76 Å². The predicted octanol–water partition coefficient (Wildman–Crippen LogP) is 3.34. The lowest BCUT2D eigenvalue weighted by molar-refractivity contribution is 0.101. The first-order valence-corrected chi connectivity index (χ1v) is 6.55. The Hall–Kier alpha value is -1.34. The number of benzene rings is 1. The van der Waals surface area contributed by atoms with Crippen LogP contribution in [0.3, 0.4) is 0 Å². The topological polar surface area (TPSA) is 81.2 Å². The standard InChI is InChI=1S/C11H9Br2N3O2/c1-5-2-9(16-18-5)11(17)15-10-7(13)3-6(12)4-8(10)14/h2-4H,14H2,1H3,(H,15,17). The van der Waals surface area contributed by atoms with Crippen LogP contribution < -0.4 is 11.1 Å². The van der Waals surface area contributed by atoms with Gasteiger partial charge in [0.2, 0.25) is 0 Å². The van der Waals surface area contributed by atoms with Crippen LogP contribution in [0, 0.1) is 6.92 Å². The second-order valence-electron chi connectivity index (χ2n) is 3.63. The Balaban J connectivity index is 2.27. The first-order valence-electron chi connectivity index (χ1n) is 4.96. The zero-order valence-electron chi connectivity index (χ0n) is 9.33. The molecule has 1 amide bonds. The normalized spacial score (nSPS) is 10.4. The van der Waals surface area contributed by atoms with Crippen molar-refractivity contribution in [3.05, 3.63) is 38.6 Å². The van der Waals surface area contributed by atoms with Gasteiger partial charge >= 0.3 is 0 Å². The van der Waals surface area contributed by atoms with Crippen molar-refractivity contribution < 1.29 is 9.32 Å². The number of nitrogens with one attached hydrogen (secondary N) is 1. The average molecular weight is 375 g/mol. The van der Waals surface area contributed by atoms with Gasteiger partial charge < -0.3 is 15.6 Å². The van der Waals surface area contributed by atoms with Crippen molar-refractivity contribution in [2.75, 3.05) is 11.1 Å². The van der Waals surface area contributed by atoms with Crippen LogP contribution >= 0.6 is 31.9 Å². The highest BCUT2D eigenvalue weighted by Crippen LogP contribution is 2.32. The number of hydrogen-bond donors (Lipinski definition) is 2. The fourth-order valence-electron chi connectivity index (χ4n) is 1.38. The van der Waals surface area contributed by atoms with E-state index in [-0.39, 0.29) is 11.6 Å². The minimum absolute atomic E-state index is 0.210. The van der Waals surface area contributed by atoms with E-state index >= 15 is 0 Å². The van der Waals surface area contributed by atoms with E-state index in [1.807, 2.05) is 0 Å². The molecule has 0 radical (unpaired) electrons. The van der Waals surface area contributed by atoms with Gasteiger partial charge in [0, 0.05) is 15.0 Å². The van der Waals surface area contributed by atoms with Crippen molar-refractivity contribution in [1.29, 1.82) is 0 Å². The molecule has 0 fully saturated rings. The molecule has 0 bridgehead atoms. The molecule has 1 heterocycles. The lowest BCUT2D eigenvalue weighted by Gasteiger charge is -2.09. The third-order valence-electron chi connectivity index (χ3n) is 2.18. The molecular formula is C11H9Br2N3O2. The Morgan fingerprint density at radius 2 is 2.11 bits per heavy atom. The van der Waals surface area contributed by atoms with Gasteiger partial charge in [0.15, 0.2) is 5.69 Å². The second kappa shape index (κ2) is 5.11. The number of amides is 1. The predicted molar refractivity (Wildman–Crippen MR) is 75.4 cm³/mol. The fraction of sp³-hybridized carbons (Fsp3) is 0.0909. The summed E-state index contributed by atoms with van der Waals surface area (Å²) in [4.78, 5) is 11.9. The summed E-state index contributed by atoms with van der Waals surface area (Å²) in [6.45, 7) is 1.72. The highest BCUT2D eigenvalue weighted by Gasteiger charge is 2.14. The maximum atomic E-state index is 11.9. The van der Waals surface area contributed by atoms with Crippen molar-refractivity contribution in [2.24, 2.45) is 0 Å². The number of carbonyl (C=O) groups excluding carboxylic acids is 1. The van der Waals surface area contributed by atoms with Crippen LogP contribution in [0.4, 0.5) is 11.4 Å². The maximum absolute atomic E-state index is 11.9. The molecule has 0 spiro atoms. The van der Waals surface area contributed by atoms with E-state index in [1.165, 1.54) is 0 Å². The van der Waals surface area contributed by atoms with E-state index in [2.05, 4.69) is 42.3 Å². The molecule has 1 aromatic carbocycles. The minimum Gasteiger partial charge on any atom is -0.397 e. The van der Waals surface area contributed by atoms with Gasteiger partial charge in [-0.25, -0.2) is 0 Å². The molecule has 2 aromatic rings. The van der Waals surface area contributed by atoms with Gasteiger partial charge in [0.05, 0.1) is 11.4 Å². The van der Waals surface area contributed by atoms with Crippen molar-refractivity contribution in [2.45, 2.75) is 6.92 Å². The molecule has 1 aromatic heterocycles. The first-order chi connectivity index (χ1) is 8.47. The number of nitrogen functional groups attached to an aromatic ring is 1. The molecule has 7 heteroatoms. The molecule has 0 aliphatic heterocycles. The Labute approximate surface area is 120 Å². The van der Waals surface area contributed by atoms with E-state index in [1.54, 1.807) is 25.1 Å². The molecule has 0 saturated carbocycles. The molecule has 2 rings (SSSR count). The zero-order chi connectivity index (χ0) is 13.3. The van der Waals surface area contributed by atoms with Gasteiger partial charge in [-0.1, -0.05) is 21.1 Å². The maximum Gasteiger partial charge on any atom is 0.277 e. The van der Waals surface area contributed by atoms with E-state index in [0.717, 1.165) is 4.47 Å². The molecular weight excluding hydrogens is 366 g/mol. The van der Waals surface area contributed by atoms with Crippen LogP contribution in [0.5, 0.6) is 0 Å². The highest BCUT2D eigenvalue weighted by molar-refractivity contribution is 9.11. The molecule has 0 unspecified atom stereocenters. The SMILES string of the molecule is Cc1cc(C(=O)Nc2c(N)cc(Br)cc2Br)no1. The quantitative estimate of drug-likeness (QED) is 0.790. The number of nitrogens with two attached hydrogens (primary N) is 1. The summed E-state index contributed by atoms with van der Waals surface area (Å²) >= 11 is 6.65. The molecule has 94 valence electrons. The van der Waals surface area contributed by atoms with Crippen molar-refractivity contribution in [1.82, 2.24) is 5.16 Å². The summed E-state index contributed by atoms with van der Waals surface area (Å²) in [5, 5.41) is 6.32. The van der Waals surface area contributed by atoms with E-state index in [4.69, 9.17) is 10.3 Å². The Morgan fingerprint density at radius 3 is 2.67 bits per heavy atom. The molecule has 0 saturated heterocycles. The number of nitrogens with zero attached hydrogens (tertiary/aromatic N) is 1. The lowest BCUT2D eigenvalue weighted by Crippen LogP contribution is -2.14. The van der Waals surface area contributed by atoms with Crippen LogP contribution in [0.1, 0.15) is 16.2 Å². The van der Waals surface area contributed by atoms with Crippen LogP contribution in [0.25, 0.3) is 0 Å². The minimum atomic E-state index is -0.374. The number of aryl methyl sites for hydroxylation is 1. The van der Waals surface area contributed by atoms with E-state index < -0.39 is 0 Å². The van der Waals surface area contributed by atoms with Gasteiger partial charge in [-0.15, -0.1) is 0 Å². The van der Waals surface area contributed by atoms with Gasteiger partial charge in [0.25, 0.3) is 5.91 Å². The Bertz CT molecular complexity index is 587. The van der Waals surface area contributed by atoms with Crippen molar-refractivity contribution in [3.63, 3.8) is 0 Å². The number of hydrogen-bond acceptors (Lipinski definition) is 4. The summed E-state index contributed by atoms with van der Waals surface area (Å²) in [5.41, 5.74) is 7.00. The monoisotopic (exact) mass is 373 g/mol. The zero-order valence-corrected chi connectivity index (χ0v) is 12.5. The summed E-state index contributed by atoms with van der Waals surface area (Å²) < 4.78 is 6.35. The summed E-state index contributed by atoms with van der Waals surface area (Å²) in [7, 11) is 0. The molecule has 3 N–H and O–H groups in total. The average Bonchev–Trinajstić information content (AvgIpc) is 2.70. The Morgan fingerprint density at radius 1 is 1.39 bits per heavy atom. The van der Waals surface area contributed by atoms with Crippen LogP contribution in [0.2, 0.25) is 0 Å². The van der Waals surface area contributed by atoms with E-state index in [9.17, 15) is 4.79 Å². The number of carbonyl (C=O) groups is 1. The summed E-state index contributed by atoms with van der Waals surface area (Å²) in [6.07, 6.45) is 0. The lowest BCUT2D eigenvalue weighted by atomic mass is 10.2. The molecule has 0 aliphatic carbocycles. The smallest absolute Gasteiger partial charge is 0.277 e. The number of aromatic nitrogens is 1. The molecule has 5 nitrogen and oxygen atoms in total. The van der Waals surface area contributed by atoms with Crippen LogP contribution in [-0.2, 0) is 0 Å². The highest BCUT2D eigenvalue weighted by atomic mass is 79.9. The fourth-order valence-corrected chi connectivity index (χ4v) is 2.73. The molecule has 18 heavy (non-hydrogen) atoms. The van der Waals surface area contributed by atoms with E-state index in [0.29, 0.717) is 21.6 Å². The first kappa shape index (κ1) is 13.1.